The van der Waals surface area contributed by atoms with Crippen molar-refractivity contribution in [1.29, 1.82) is 0 Å². The molecule has 0 aromatic heterocycles. The summed E-state index contributed by atoms with van der Waals surface area (Å²) in [4.78, 5) is 11.5. The van der Waals surface area contributed by atoms with E-state index in [2.05, 4.69) is 19.2 Å². The average Bonchev–Trinajstić information content (AvgIpc) is 2.30. The standard InChI is InChI=1S/C14H19ClN2O/c1-10(2)7-8-17-14(18)6-4-11-3-5-12(15)13(16)9-11/h3-6,9-10H,7-8,16H2,1-2H3,(H,17,18)/b6-4+. The van der Waals surface area contributed by atoms with Crippen LogP contribution in [0.3, 0.4) is 0 Å². The number of nitrogen functional groups attached to an aromatic ring is 1. The third kappa shape index (κ3) is 5.23. The number of anilines is 1. The van der Waals surface area contributed by atoms with Crippen LogP contribution in [0.4, 0.5) is 5.69 Å². The molecular weight excluding hydrogens is 248 g/mol. The van der Waals surface area contributed by atoms with E-state index in [-0.39, 0.29) is 5.91 Å². The number of benzene rings is 1. The van der Waals surface area contributed by atoms with Crippen LogP contribution in [0.15, 0.2) is 24.3 Å². The first-order valence-corrected chi connectivity index (χ1v) is 6.37. The molecule has 0 atom stereocenters. The van der Waals surface area contributed by atoms with Gasteiger partial charge in [0.15, 0.2) is 0 Å². The summed E-state index contributed by atoms with van der Waals surface area (Å²) in [7, 11) is 0. The quantitative estimate of drug-likeness (QED) is 0.636. The van der Waals surface area contributed by atoms with Gasteiger partial charge in [-0.1, -0.05) is 31.5 Å². The van der Waals surface area contributed by atoms with E-state index in [1.807, 2.05) is 6.07 Å². The van der Waals surface area contributed by atoms with Crippen LogP contribution in [0.25, 0.3) is 6.08 Å². The van der Waals surface area contributed by atoms with Crippen LogP contribution >= 0.6 is 11.6 Å². The fourth-order valence-corrected chi connectivity index (χ4v) is 1.50. The maximum Gasteiger partial charge on any atom is 0.243 e. The summed E-state index contributed by atoms with van der Waals surface area (Å²) in [5, 5.41) is 3.35. The molecule has 98 valence electrons. The van der Waals surface area contributed by atoms with Gasteiger partial charge in [-0.25, -0.2) is 0 Å². The molecule has 3 nitrogen and oxygen atoms in total. The maximum absolute atomic E-state index is 11.5. The van der Waals surface area contributed by atoms with Gasteiger partial charge in [-0.15, -0.1) is 0 Å². The van der Waals surface area contributed by atoms with Crippen molar-refractivity contribution in [2.75, 3.05) is 12.3 Å². The molecule has 0 fully saturated rings. The Morgan fingerprint density at radius 1 is 1.50 bits per heavy atom. The maximum atomic E-state index is 11.5. The van der Waals surface area contributed by atoms with Crippen LogP contribution in [0.5, 0.6) is 0 Å². The number of amides is 1. The molecule has 18 heavy (non-hydrogen) atoms. The van der Waals surface area contributed by atoms with Crippen LogP contribution in [0.2, 0.25) is 5.02 Å². The molecule has 1 amide bonds. The van der Waals surface area contributed by atoms with Crippen LogP contribution < -0.4 is 11.1 Å². The third-order valence-electron chi connectivity index (χ3n) is 2.47. The highest BCUT2D eigenvalue weighted by Gasteiger charge is 1.98. The zero-order valence-corrected chi connectivity index (χ0v) is 11.5. The minimum atomic E-state index is -0.0934. The van der Waals surface area contributed by atoms with Gasteiger partial charge in [-0.05, 0) is 36.1 Å². The van der Waals surface area contributed by atoms with Gasteiger partial charge in [-0.3, -0.25) is 4.79 Å². The Kier molecular flexibility index (Phi) is 5.72. The molecule has 0 heterocycles. The lowest BCUT2D eigenvalue weighted by atomic mass is 10.1. The molecule has 0 unspecified atom stereocenters. The highest BCUT2D eigenvalue weighted by molar-refractivity contribution is 6.33. The van der Waals surface area contributed by atoms with Gasteiger partial charge in [0.05, 0.1) is 10.7 Å². The Balaban J connectivity index is 2.48. The molecule has 0 saturated carbocycles. The van der Waals surface area contributed by atoms with Crippen LogP contribution in [0, 0.1) is 5.92 Å². The van der Waals surface area contributed by atoms with E-state index in [1.54, 1.807) is 18.2 Å². The minimum Gasteiger partial charge on any atom is -0.398 e. The van der Waals surface area contributed by atoms with E-state index in [0.29, 0.717) is 23.2 Å². The molecule has 4 heteroatoms. The van der Waals surface area contributed by atoms with E-state index in [4.69, 9.17) is 17.3 Å². The third-order valence-corrected chi connectivity index (χ3v) is 2.81. The lowest BCUT2D eigenvalue weighted by molar-refractivity contribution is -0.116. The van der Waals surface area contributed by atoms with Crippen molar-refractivity contribution in [3.05, 3.63) is 34.9 Å². The van der Waals surface area contributed by atoms with Crippen LogP contribution in [-0.2, 0) is 4.79 Å². The van der Waals surface area contributed by atoms with Gasteiger partial charge in [-0.2, -0.15) is 0 Å². The second-order valence-corrected chi connectivity index (χ2v) is 5.00. The first kappa shape index (κ1) is 14.6. The number of nitrogens with one attached hydrogen (secondary N) is 1. The van der Waals surface area contributed by atoms with Crippen LogP contribution in [-0.4, -0.2) is 12.5 Å². The minimum absolute atomic E-state index is 0.0934. The molecule has 0 aliphatic carbocycles. The molecule has 0 bridgehead atoms. The summed E-state index contributed by atoms with van der Waals surface area (Å²) in [5.74, 6) is 0.495. The monoisotopic (exact) mass is 266 g/mol. The number of hydrogen-bond acceptors (Lipinski definition) is 2. The van der Waals surface area contributed by atoms with Gasteiger partial charge in [0.1, 0.15) is 0 Å². The number of carbonyl (C=O) groups is 1. The second-order valence-electron chi connectivity index (χ2n) is 4.59. The van der Waals surface area contributed by atoms with Crippen molar-refractivity contribution in [3.8, 4) is 0 Å². The van der Waals surface area contributed by atoms with Crippen molar-refractivity contribution in [3.63, 3.8) is 0 Å². The van der Waals surface area contributed by atoms with Gasteiger partial charge < -0.3 is 11.1 Å². The van der Waals surface area contributed by atoms with Gasteiger partial charge >= 0.3 is 0 Å². The lowest BCUT2D eigenvalue weighted by Crippen LogP contribution is -2.23. The Bertz CT molecular complexity index is 441. The van der Waals surface area contributed by atoms with Crippen molar-refractivity contribution in [1.82, 2.24) is 5.32 Å². The van der Waals surface area contributed by atoms with Crippen molar-refractivity contribution in [2.24, 2.45) is 5.92 Å². The summed E-state index contributed by atoms with van der Waals surface area (Å²) in [6, 6.07) is 5.27. The normalized spacial score (nSPS) is 11.1. The molecule has 0 spiro atoms. The smallest absolute Gasteiger partial charge is 0.243 e. The number of rotatable bonds is 5. The Labute approximate surface area is 113 Å². The van der Waals surface area contributed by atoms with Crippen molar-refractivity contribution in [2.45, 2.75) is 20.3 Å². The van der Waals surface area contributed by atoms with Crippen LogP contribution in [0.1, 0.15) is 25.8 Å². The number of hydrogen-bond donors (Lipinski definition) is 2. The average molecular weight is 267 g/mol. The van der Waals surface area contributed by atoms with E-state index < -0.39 is 0 Å². The fourth-order valence-electron chi connectivity index (χ4n) is 1.38. The first-order valence-electron chi connectivity index (χ1n) is 6.00. The molecule has 1 rings (SSSR count). The zero-order chi connectivity index (χ0) is 13.5. The SMILES string of the molecule is CC(C)CCNC(=O)/C=C/c1ccc(Cl)c(N)c1. The summed E-state index contributed by atoms with van der Waals surface area (Å²) in [5.41, 5.74) is 7.04. The van der Waals surface area contributed by atoms with Gasteiger partial charge in [0.2, 0.25) is 5.91 Å². The van der Waals surface area contributed by atoms with E-state index >= 15 is 0 Å². The summed E-state index contributed by atoms with van der Waals surface area (Å²) in [6.45, 7) is 4.95. The molecule has 0 aliphatic rings. The number of halogens is 1. The number of carbonyl (C=O) groups excluding carboxylic acids is 1. The Morgan fingerprint density at radius 3 is 2.83 bits per heavy atom. The van der Waals surface area contributed by atoms with Crippen molar-refractivity contribution < 1.29 is 4.79 Å². The van der Waals surface area contributed by atoms with E-state index in [1.165, 1.54) is 6.08 Å². The Hall–Kier alpha value is -1.48. The molecule has 0 radical (unpaired) electrons. The molecule has 3 N–H and O–H groups in total. The second kappa shape index (κ2) is 7.07. The van der Waals surface area contributed by atoms with E-state index in [0.717, 1.165) is 12.0 Å². The highest BCUT2D eigenvalue weighted by atomic mass is 35.5. The van der Waals surface area contributed by atoms with Crippen molar-refractivity contribution >= 4 is 29.3 Å². The van der Waals surface area contributed by atoms with Gasteiger partial charge in [0, 0.05) is 12.6 Å². The fraction of sp³-hybridized carbons (Fsp3) is 0.357. The predicted octanol–water partition coefficient (Wildman–Crippen LogP) is 3.10. The highest BCUT2D eigenvalue weighted by Crippen LogP contribution is 2.19. The molecule has 1 aromatic carbocycles. The molecular formula is C14H19ClN2O. The predicted molar refractivity (Wildman–Crippen MR) is 77.4 cm³/mol. The van der Waals surface area contributed by atoms with Gasteiger partial charge in [0.25, 0.3) is 0 Å². The largest absolute Gasteiger partial charge is 0.398 e. The number of nitrogens with two attached hydrogens (primary N) is 1. The van der Waals surface area contributed by atoms with E-state index in [9.17, 15) is 4.79 Å². The molecule has 0 aliphatic heterocycles. The summed E-state index contributed by atoms with van der Waals surface area (Å²) in [6.07, 6.45) is 4.20. The molecule has 0 saturated heterocycles. The topological polar surface area (TPSA) is 55.1 Å². The summed E-state index contributed by atoms with van der Waals surface area (Å²) >= 11 is 5.81. The zero-order valence-electron chi connectivity index (χ0n) is 10.7. The Morgan fingerprint density at radius 2 is 2.22 bits per heavy atom. The first-order chi connectivity index (χ1) is 8.49. The molecule has 1 aromatic rings. The lowest BCUT2D eigenvalue weighted by Gasteiger charge is -2.04. The summed E-state index contributed by atoms with van der Waals surface area (Å²) < 4.78 is 0.